The molecule has 1 aliphatic rings. The van der Waals surface area contributed by atoms with E-state index in [4.69, 9.17) is 5.11 Å². The summed E-state index contributed by atoms with van der Waals surface area (Å²) in [5.41, 5.74) is -0.725. The van der Waals surface area contributed by atoms with Crippen molar-refractivity contribution >= 4 is 17.7 Å². The number of Topliss-reactive ketones (excluding diaryl/α,β-unsaturated/α-hetero) is 1. The van der Waals surface area contributed by atoms with Crippen molar-refractivity contribution in [1.82, 2.24) is 4.90 Å². The van der Waals surface area contributed by atoms with Crippen LogP contribution in [-0.2, 0) is 14.4 Å². The number of ketones is 1. The monoisotopic (exact) mass is 257 g/mol. The highest BCUT2D eigenvalue weighted by atomic mass is 16.4. The van der Waals surface area contributed by atoms with Crippen molar-refractivity contribution in [3.8, 4) is 0 Å². The van der Waals surface area contributed by atoms with Crippen molar-refractivity contribution in [2.24, 2.45) is 5.41 Å². The quantitative estimate of drug-likeness (QED) is 0.778. The zero-order valence-electron chi connectivity index (χ0n) is 11.2. The molecule has 1 amide bonds. The highest BCUT2D eigenvalue weighted by Crippen LogP contribution is 2.25. The number of piperidine rings is 1. The van der Waals surface area contributed by atoms with Gasteiger partial charge in [-0.3, -0.25) is 9.59 Å². The second-order valence-corrected chi connectivity index (χ2v) is 5.41. The number of likely N-dealkylation sites (tertiary alicyclic amines) is 1. The smallest absolute Gasteiger partial charge is 0.326 e. The molecule has 0 aliphatic carbocycles. The van der Waals surface area contributed by atoms with E-state index in [0.717, 1.165) is 12.8 Å². The van der Waals surface area contributed by atoms with Crippen LogP contribution in [-0.4, -0.2) is 40.3 Å². The number of hydrogen-bond donors (Lipinski definition) is 1. The number of carboxylic acid groups (broad SMARTS) is 1. The fourth-order valence-electron chi connectivity index (χ4n) is 2.01. The molecule has 1 saturated heterocycles. The van der Waals surface area contributed by atoms with Crippen LogP contribution in [0.3, 0.4) is 0 Å². The molecule has 1 fully saturated rings. The number of carboxylic acids is 1. The summed E-state index contributed by atoms with van der Waals surface area (Å²) in [5.74, 6) is -2.16. The first-order valence-corrected chi connectivity index (χ1v) is 6.39. The van der Waals surface area contributed by atoms with Gasteiger partial charge in [-0.25, -0.2) is 4.79 Å². The average molecular weight is 257 g/mol. The molecule has 104 valence electrons. The fraction of sp³-hybridized carbons (Fsp3) is 0.769. The molecular formula is C13H23NO4. The first kappa shape index (κ1) is 14.7. The average Bonchev–Trinajstić information content (AvgIpc) is 2.36. The standard InChI is InChI=1S/C13H21NO4.H2/c1-4-13(2,3)10(15)11(16)14-8-6-5-7-9(14)12(17)18;/h9H,4-8H2,1-3H3,(H,17,18);1H. The molecule has 1 N–H and O–H groups in total. The molecule has 1 unspecified atom stereocenters. The van der Waals surface area contributed by atoms with Gasteiger partial charge in [0.15, 0.2) is 0 Å². The van der Waals surface area contributed by atoms with E-state index in [-0.39, 0.29) is 1.43 Å². The molecule has 1 atom stereocenters. The maximum absolute atomic E-state index is 12.1. The van der Waals surface area contributed by atoms with Gasteiger partial charge in [0.25, 0.3) is 5.91 Å². The van der Waals surface area contributed by atoms with E-state index < -0.39 is 29.1 Å². The van der Waals surface area contributed by atoms with Crippen LogP contribution in [0.5, 0.6) is 0 Å². The van der Waals surface area contributed by atoms with Crippen LogP contribution in [0.2, 0.25) is 0 Å². The van der Waals surface area contributed by atoms with E-state index in [1.54, 1.807) is 13.8 Å². The summed E-state index contributed by atoms with van der Waals surface area (Å²) in [4.78, 5) is 36.5. The van der Waals surface area contributed by atoms with Crippen molar-refractivity contribution in [3.63, 3.8) is 0 Å². The van der Waals surface area contributed by atoms with Gasteiger partial charge in [-0.05, 0) is 25.7 Å². The van der Waals surface area contributed by atoms with Crippen LogP contribution in [0.25, 0.3) is 0 Å². The summed E-state index contributed by atoms with van der Waals surface area (Å²) >= 11 is 0. The topological polar surface area (TPSA) is 74.7 Å². The molecule has 1 rings (SSSR count). The Bertz CT molecular complexity index is 368. The minimum absolute atomic E-state index is 0. The molecule has 0 saturated carbocycles. The van der Waals surface area contributed by atoms with Crippen LogP contribution in [0.4, 0.5) is 0 Å². The van der Waals surface area contributed by atoms with Gasteiger partial charge in [0.1, 0.15) is 6.04 Å². The van der Waals surface area contributed by atoms with Crippen molar-refractivity contribution in [2.75, 3.05) is 6.54 Å². The van der Waals surface area contributed by atoms with Crippen molar-refractivity contribution in [1.29, 1.82) is 0 Å². The number of hydrogen-bond acceptors (Lipinski definition) is 3. The van der Waals surface area contributed by atoms with Gasteiger partial charge in [-0.15, -0.1) is 0 Å². The van der Waals surface area contributed by atoms with E-state index in [2.05, 4.69) is 0 Å². The number of rotatable bonds is 4. The summed E-state index contributed by atoms with van der Waals surface area (Å²) in [6, 6.07) is -0.845. The van der Waals surface area contributed by atoms with Gasteiger partial charge < -0.3 is 10.0 Å². The third-order valence-corrected chi connectivity index (χ3v) is 3.74. The molecule has 5 nitrogen and oxygen atoms in total. The van der Waals surface area contributed by atoms with E-state index in [9.17, 15) is 14.4 Å². The normalized spacial score (nSPS) is 20.6. The Morgan fingerprint density at radius 2 is 1.94 bits per heavy atom. The highest BCUT2D eigenvalue weighted by molar-refractivity contribution is 6.38. The Kier molecular flexibility index (Phi) is 4.48. The van der Waals surface area contributed by atoms with Gasteiger partial charge in [-0.2, -0.15) is 0 Å². The van der Waals surface area contributed by atoms with Gasteiger partial charge in [0, 0.05) is 13.4 Å². The predicted molar refractivity (Wildman–Crippen MR) is 68.2 cm³/mol. The molecule has 0 aromatic carbocycles. The zero-order valence-corrected chi connectivity index (χ0v) is 11.2. The molecule has 1 aliphatic heterocycles. The third kappa shape index (κ3) is 2.89. The lowest BCUT2D eigenvalue weighted by Crippen LogP contribution is -2.52. The van der Waals surface area contributed by atoms with Gasteiger partial charge in [-0.1, -0.05) is 20.8 Å². The molecule has 0 bridgehead atoms. The minimum Gasteiger partial charge on any atom is -0.480 e. The predicted octanol–water partition coefficient (Wildman–Crippen LogP) is 1.70. The Morgan fingerprint density at radius 3 is 2.44 bits per heavy atom. The van der Waals surface area contributed by atoms with Gasteiger partial charge in [0.2, 0.25) is 5.78 Å². The summed E-state index contributed by atoms with van der Waals surface area (Å²) < 4.78 is 0. The molecule has 0 aromatic heterocycles. The van der Waals surface area contributed by atoms with Crippen LogP contribution in [0.15, 0.2) is 0 Å². The second kappa shape index (κ2) is 5.50. The molecule has 18 heavy (non-hydrogen) atoms. The lowest BCUT2D eigenvalue weighted by Gasteiger charge is -2.34. The number of carbonyl (C=O) groups excluding carboxylic acids is 2. The van der Waals surface area contributed by atoms with Gasteiger partial charge in [0.05, 0.1) is 0 Å². The van der Waals surface area contributed by atoms with Crippen molar-refractivity contribution in [2.45, 2.75) is 52.5 Å². The maximum Gasteiger partial charge on any atom is 0.326 e. The second-order valence-electron chi connectivity index (χ2n) is 5.41. The summed E-state index contributed by atoms with van der Waals surface area (Å²) in [5, 5.41) is 9.09. The Balaban J connectivity index is 0.00000324. The number of amides is 1. The fourth-order valence-corrected chi connectivity index (χ4v) is 2.01. The SMILES string of the molecule is CCC(C)(C)C(=O)C(=O)N1CCCCC1C(=O)O.[HH]. The minimum atomic E-state index is -1.02. The van der Waals surface area contributed by atoms with Crippen molar-refractivity contribution < 1.29 is 20.9 Å². The molecule has 0 radical (unpaired) electrons. The van der Waals surface area contributed by atoms with E-state index in [1.807, 2.05) is 6.92 Å². The van der Waals surface area contributed by atoms with Gasteiger partial charge >= 0.3 is 5.97 Å². The molecule has 5 heteroatoms. The number of carbonyl (C=O) groups is 3. The number of nitrogens with zero attached hydrogens (tertiary/aromatic N) is 1. The number of aliphatic carboxylic acids is 1. The molecular weight excluding hydrogens is 234 g/mol. The Hall–Kier alpha value is -1.39. The van der Waals surface area contributed by atoms with Crippen LogP contribution in [0.1, 0.15) is 47.9 Å². The maximum atomic E-state index is 12.1. The molecule has 1 heterocycles. The summed E-state index contributed by atoms with van der Waals surface area (Å²) in [6.45, 7) is 5.64. The zero-order chi connectivity index (χ0) is 13.9. The first-order chi connectivity index (χ1) is 8.31. The Morgan fingerprint density at radius 1 is 1.33 bits per heavy atom. The van der Waals surface area contributed by atoms with Crippen LogP contribution in [0, 0.1) is 5.41 Å². The lowest BCUT2D eigenvalue weighted by molar-refractivity contribution is -0.158. The van der Waals surface area contributed by atoms with E-state index >= 15 is 0 Å². The van der Waals surface area contributed by atoms with E-state index in [1.165, 1.54) is 4.90 Å². The Labute approximate surface area is 109 Å². The lowest BCUT2D eigenvalue weighted by atomic mass is 9.84. The van der Waals surface area contributed by atoms with Crippen LogP contribution < -0.4 is 0 Å². The summed E-state index contributed by atoms with van der Waals surface area (Å²) in [6.07, 6.45) is 2.53. The van der Waals surface area contributed by atoms with Crippen LogP contribution >= 0.6 is 0 Å². The highest BCUT2D eigenvalue weighted by Gasteiger charge is 2.39. The molecule has 0 spiro atoms. The third-order valence-electron chi connectivity index (χ3n) is 3.74. The summed E-state index contributed by atoms with van der Waals surface area (Å²) in [7, 11) is 0. The molecule has 0 aromatic rings. The first-order valence-electron chi connectivity index (χ1n) is 6.39. The largest absolute Gasteiger partial charge is 0.480 e. The van der Waals surface area contributed by atoms with E-state index in [0.29, 0.717) is 19.4 Å². The van der Waals surface area contributed by atoms with Crippen molar-refractivity contribution in [3.05, 3.63) is 0 Å².